The Balaban J connectivity index is 2.15. The first-order valence-electron chi connectivity index (χ1n) is 5.80. The Morgan fingerprint density at radius 3 is 2.88 bits per heavy atom. The summed E-state index contributed by atoms with van der Waals surface area (Å²) in [5, 5.41) is 7.32. The van der Waals surface area contributed by atoms with E-state index in [9.17, 15) is 4.79 Å². The Labute approximate surface area is 100 Å². The van der Waals surface area contributed by atoms with E-state index in [1.807, 2.05) is 20.8 Å². The third kappa shape index (κ3) is 2.75. The molecule has 1 aliphatic heterocycles. The first-order valence-corrected chi connectivity index (χ1v) is 5.80. The van der Waals surface area contributed by atoms with Crippen molar-refractivity contribution in [3.8, 4) is 0 Å². The lowest BCUT2D eigenvalue weighted by Crippen LogP contribution is -2.26. The van der Waals surface area contributed by atoms with Gasteiger partial charge in [-0.15, -0.1) is 5.10 Å². The predicted molar refractivity (Wildman–Crippen MR) is 62.9 cm³/mol. The lowest BCUT2D eigenvalue weighted by Gasteiger charge is -2.20. The van der Waals surface area contributed by atoms with Crippen molar-refractivity contribution in [2.75, 3.05) is 5.32 Å². The smallest absolute Gasteiger partial charge is 0.378 e. The van der Waals surface area contributed by atoms with Gasteiger partial charge in [-0.25, -0.2) is 9.48 Å². The minimum atomic E-state index is -0.524. The number of anilines is 1. The normalized spacial score (nSPS) is 19.4. The van der Waals surface area contributed by atoms with Crippen LogP contribution in [-0.4, -0.2) is 32.4 Å². The number of nitrogens with zero attached hydrogens (tertiary/aromatic N) is 3. The van der Waals surface area contributed by atoms with Crippen molar-refractivity contribution in [3.05, 3.63) is 5.82 Å². The van der Waals surface area contributed by atoms with E-state index >= 15 is 0 Å². The summed E-state index contributed by atoms with van der Waals surface area (Å²) in [5.41, 5.74) is -0.524. The zero-order valence-corrected chi connectivity index (χ0v) is 10.6. The number of esters is 1. The first-order chi connectivity index (χ1) is 7.85. The number of aromatic nitrogens is 3. The largest absolute Gasteiger partial charge is 0.454 e. The molecule has 2 heterocycles. The van der Waals surface area contributed by atoms with Crippen LogP contribution < -0.4 is 5.32 Å². The molecular weight excluding hydrogens is 220 g/mol. The Bertz CT molecular complexity index is 433. The summed E-state index contributed by atoms with van der Waals surface area (Å²) in [5.74, 6) is 0.287. The van der Waals surface area contributed by atoms with E-state index in [1.165, 1.54) is 0 Å². The summed E-state index contributed by atoms with van der Waals surface area (Å²) in [6.07, 6.45) is 0.976. The Hall–Kier alpha value is -1.59. The average Bonchev–Trinajstić information content (AvgIpc) is 2.57. The topological polar surface area (TPSA) is 69.0 Å². The maximum atomic E-state index is 11.8. The van der Waals surface area contributed by atoms with Gasteiger partial charge in [0.15, 0.2) is 0 Å². The highest BCUT2D eigenvalue weighted by Gasteiger charge is 2.25. The van der Waals surface area contributed by atoms with E-state index in [0.717, 1.165) is 13.0 Å². The molecule has 0 fully saturated rings. The van der Waals surface area contributed by atoms with Crippen molar-refractivity contribution < 1.29 is 9.53 Å². The van der Waals surface area contributed by atoms with E-state index in [1.54, 1.807) is 4.68 Å². The molecule has 1 aromatic heterocycles. The Morgan fingerprint density at radius 2 is 2.24 bits per heavy atom. The molecule has 0 saturated carbocycles. The van der Waals surface area contributed by atoms with E-state index in [0.29, 0.717) is 12.0 Å². The van der Waals surface area contributed by atoms with Gasteiger partial charge >= 0.3 is 5.97 Å². The van der Waals surface area contributed by atoms with Gasteiger partial charge < -0.3 is 10.1 Å². The number of hydrogen-bond donors (Lipinski definition) is 1. The molecular formula is C11H18N4O2. The number of ether oxygens (including phenoxy) is 1. The second-order valence-electron chi connectivity index (χ2n) is 5.32. The molecule has 94 valence electrons. The fourth-order valence-electron chi connectivity index (χ4n) is 1.62. The molecule has 6 heteroatoms. The summed E-state index contributed by atoms with van der Waals surface area (Å²) >= 11 is 0. The number of carbonyl (C=O) groups is 1. The standard InChI is InChI=1S/C11H18N4O2/c1-7-5-6-15-10(12-7)13-8(14-15)9(16)17-11(2,3)4/h7H,5-6H2,1-4H3,(H,12,13,14). The van der Waals surface area contributed by atoms with Gasteiger partial charge in [-0.1, -0.05) is 0 Å². The summed E-state index contributed by atoms with van der Waals surface area (Å²) in [6.45, 7) is 8.31. The van der Waals surface area contributed by atoms with Gasteiger partial charge in [-0.3, -0.25) is 0 Å². The fraction of sp³-hybridized carbons (Fsp3) is 0.727. The summed E-state index contributed by atoms with van der Waals surface area (Å²) in [6, 6.07) is 0.359. The fourth-order valence-corrected chi connectivity index (χ4v) is 1.62. The van der Waals surface area contributed by atoms with E-state index in [2.05, 4.69) is 22.3 Å². The van der Waals surface area contributed by atoms with Gasteiger partial charge in [0.1, 0.15) is 5.60 Å². The molecule has 1 unspecified atom stereocenters. The molecule has 1 aromatic rings. The number of aryl methyl sites for hydroxylation is 1. The van der Waals surface area contributed by atoms with Crippen LogP contribution in [0.15, 0.2) is 0 Å². The molecule has 0 radical (unpaired) electrons. The molecule has 1 N–H and O–H groups in total. The molecule has 2 rings (SSSR count). The molecule has 6 nitrogen and oxygen atoms in total. The zero-order valence-electron chi connectivity index (χ0n) is 10.6. The van der Waals surface area contributed by atoms with Crippen LogP contribution >= 0.6 is 0 Å². The minimum Gasteiger partial charge on any atom is -0.454 e. The van der Waals surface area contributed by atoms with Crippen molar-refractivity contribution >= 4 is 11.9 Å². The third-order valence-corrected chi connectivity index (χ3v) is 2.40. The molecule has 1 aliphatic rings. The lowest BCUT2D eigenvalue weighted by atomic mass is 10.2. The van der Waals surface area contributed by atoms with Crippen molar-refractivity contribution in [2.24, 2.45) is 0 Å². The van der Waals surface area contributed by atoms with Gasteiger partial charge in [-0.05, 0) is 34.1 Å². The van der Waals surface area contributed by atoms with Gasteiger partial charge in [0, 0.05) is 12.6 Å². The van der Waals surface area contributed by atoms with Gasteiger partial charge in [-0.2, -0.15) is 4.98 Å². The predicted octanol–water partition coefficient (Wildman–Crippen LogP) is 1.44. The third-order valence-electron chi connectivity index (χ3n) is 2.40. The van der Waals surface area contributed by atoms with Crippen LogP contribution in [0.5, 0.6) is 0 Å². The van der Waals surface area contributed by atoms with Gasteiger partial charge in [0.2, 0.25) is 5.95 Å². The SMILES string of the molecule is CC1CCn2nc(C(=O)OC(C)(C)C)nc2N1. The minimum absolute atomic E-state index is 0.122. The maximum absolute atomic E-state index is 11.8. The molecule has 0 amide bonds. The number of hydrogen-bond acceptors (Lipinski definition) is 5. The highest BCUT2D eigenvalue weighted by molar-refractivity contribution is 5.85. The number of fused-ring (bicyclic) bond motifs is 1. The monoisotopic (exact) mass is 238 g/mol. The van der Waals surface area contributed by atoms with Crippen LogP contribution in [0.2, 0.25) is 0 Å². The average molecular weight is 238 g/mol. The number of carbonyl (C=O) groups excluding carboxylic acids is 1. The molecule has 0 spiro atoms. The molecule has 0 saturated heterocycles. The second kappa shape index (κ2) is 4.01. The highest BCUT2D eigenvalue weighted by Crippen LogP contribution is 2.17. The number of nitrogens with one attached hydrogen (secondary N) is 1. The van der Waals surface area contributed by atoms with Crippen LogP contribution in [0.3, 0.4) is 0 Å². The quantitative estimate of drug-likeness (QED) is 0.750. The van der Waals surface area contributed by atoms with E-state index in [4.69, 9.17) is 4.74 Å². The molecule has 17 heavy (non-hydrogen) atoms. The summed E-state index contributed by atoms with van der Waals surface area (Å²) in [7, 11) is 0. The van der Waals surface area contributed by atoms with Crippen LogP contribution in [0.25, 0.3) is 0 Å². The first kappa shape index (κ1) is 11.9. The molecule has 0 aromatic carbocycles. The number of rotatable bonds is 1. The zero-order chi connectivity index (χ0) is 12.6. The lowest BCUT2D eigenvalue weighted by molar-refractivity contribution is 0.00554. The van der Waals surface area contributed by atoms with Crippen LogP contribution in [0.4, 0.5) is 5.95 Å². The van der Waals surface area contributed by atoms with Crippen molar-refractivity contribution in [1.82, 2.24) is 14.8 Å². The second-order valence-corrected chi connectivity index (χ2v) is 5.32. The maximum Gasteiger partial charge on any atom is 0.378 e. The summed E-state index contributed by atoms with van der Waals surface area (Å²) in [4.78, 5) is 15.9. The van der Waals surface area contributed by atoms with E-state index < -0.39 is 11.6 Å². The van der Waals surface area contributed by atoms with Crippen LogP contribution in [-0.2, 0) is 11.3 Å². The molecule has 0 bridgehead atoms. The van der Waals surface area contributed by atoms with Crippen molar-refractivity contribution in [2.45, 2.75) is 52.3 Å². The van der Waals surface area contributed by atoms with Crippen LogP contribution in [0.1, 0.15) is 44.7 Å². The molecule has 0 aliphatic carbocycles. The highest BCUT2D eigenvalue weighted by atomic mass is 16.6. The molecule has 1 atom stereocenters. The van der Waals surface area contributed by atoms with Gasteiger partial charge in [0.05, 0.1) is 0 Å². The van der Waals surface area contributed by atoms with Crippen molar-refractivity contribution in [1.29, 1.82) is 0 Å². The summed E-state index contributed by atoms with van der Waals surface area (Å²) < 4.78 is 6.93. The Morgan fingerprint density at radius 1 is 1.53 bits per heavy atom. The van der Waals surface area contributed by atoms with Crippen LogP contribution in [0, 0.1) is 0 Å². The Kier molecular flexibility index (Phi) is 2.81. The van der Waals surface area contributed by atoms with E-state index in [-0.39, 0.29) is 5.82 Å². The van der Waals surface area contributed by atoms with Crippen molar-refractivity contribution in [3.63, 3.8) is 0 Å². The van der Waals surface area contributed by atoms with Gasteiger partial charge in [0.25, 0.3) is 5.82 Å².